The van der Waals surface area contributed by atoms with Crippen LogP contribution in [0.15, 0.2) is 42.5 Å². The molecule has 1 aliphatic carbocycles. The molecule has 1 fully saturated rings. The molecule has 3 heterocycles. The summed E-state index contributed by atoms with van der Waals surface area (Å²) in [5, 5.41) is 28.7. The molecule has 0 radical (unpaired) electrons. The molecule has 8 nitrogen and oxygen atoms in total. The minimum absolute atomic E-state index is 0.0686. The van der Waals surface area contributed by atoms with Crippen molar-refractivity contribution in [1.29, 1.82) is 0 Å². The molecule has 2 amide bonds. The quantitative estimate of drug-likeness (QED) is 0.152. The number of aliphatic hydroxyl groups is 2. The van der Waals surface area contributed by atoms with E-state index in [1.54, 1.807) is 12.1 Å². The lowest BCUT2D eigenvalue weighted by molar-refractivity contribution is -0.0199. The van der Waals surface area contributed by atoms with Crippen molar-refractivity contribution in [1.82, 2.24) is 14.9 Å². The van der Waals surface area contributed by atoms with E-state index in [-0.39, 0.29) is 5.04 Å². The first-order chi connectivity index (χ1) is 19.3. The summed E-state index contributed by atoms with van der Waals surface area (Å²) in [6, 6.07) is 12.5. The summed E-state index contributed by atoms with van der Waals surface area (Å²) in [6.07, 6.45) is -2.36. The number of halogens is 1. The second-order valence-corrected chi connectivity index (χ2v) is 18.1. The van der Waals surface area contributed by atoms with Gasteiger partial charge in [0.1, 0.15) is 12.2 Å². The Bertz CT molecular complexity index is 1950. The van der Waals surface area contributed by atoms with Crippen LogP contribution in [0.4, 0.5) is 0 Å². The summed E-state index contributed by atoms with van der Waals surface area (Å²) in [7, 11) is -2.25. The van der Waals surface area contributed by atoms with Crippen molar-refractivity contribution in [2.24, 2.45) is 0 Å². The molecule has 0 bridgehead atoms. The fraction of sp³-hybridized carbons (Fsp3) is 0.355. The highest BCUT2D eigenvalue weighted by Gasteiger charge is 2.49. The lowest BCUT2D eigenvalue weighted by atomic mass is 9.96. The van der Waals surface area contributed by atoms with Crippen LogP contribution in [0.25, 0.3) is 43.6 Å². The zero-order chi connectivity index (χ0) is 29.2. The van der Waals surface area contributed by atoms with Gasteiger partial charge in [0.05, 0.1) is 34.3 Å². The number of hydrogen-bond acceptors (Lipinski definition) is 5. The second kappa shape index (κ2) is 8.65. The Morgan fingerprint density at radius 2 is 1.66 bits per heavy atom. The maximum atomic E-state index is 13.4. The molecular weight excluding hydrogens is 558 g/mol. The van der Waals surface area contributed by atoms with Crippen LogP contribution in [0.2, 0.25) is 23.2 Å². The molecule has 1 saturated carbocycles. The number of carbonyl (C=O) groups excluding carboxylic acids is 2. The van der Waals surface area contributed by atoms with Crippen molar-refractivity contribution >= 4 is 75.3 Å². The van der Waals surface area contributed by atoms with E-state index in [9.17, 15) is 19.8 Å². The van der Waals surface area contributed by atoms with Crippen LogP contribution in [0.5, 0.6) is 0 Å². The Labute approximate surface area is 242 Å². The van der Waals surface area contributed by atoms with Gasteiger partial charge in [-0.1, -0.05) is 56.6 Å². The summed E-state index contributed by atoms with van der Waals surface area (Å²) in [5.41, 5.74) is 3.56. The second-order valence-electron chi connectivity index (χ2n) is 12.9. The standard InChI is InChI=1S/C31H32ClN3O5Si/c1-31(2,3)41(4,5)40-20-13-19(27(36)28(20)37)35-18-9-7-6-8-16(18)22-24-23(29(38)34-30(24)39)21-15-11-10-14(32)12-17(15)33-25(21)26(22)35/h6-12,19-20,27-28,33,36-37H,13H2,1-5H3,(H,34,38,39)/t19?,20-,27-,28+/m0/s1. The number of para-hydroxylation sites is 1. The Morgan fingerprint density at radius 1 is 0.976 bits per heavy atom. The summed E-state index contributed by atoms with van der Waals surface area (Å²) < 4.78 is 8.67. The highest BCUT2D eigenvalue weighted by atomic mass is 35.5. The fourth-order valence-corrected chi connectivity index (χ4v) is 8.06. The topological polar surface area (TPSA) is 117 Å². The minimum Gasteiger partial charge on any atom is -0.411 e. The van der Waals surface area contributed by atoms with Crippen molar-refractivity contribution in [3.8, 4) is 0 Å². The molecule has 10 heteroatoms. The normalized spacial score (nSPS) is 23.4. The highest BCUT2D eigenvalue weighted by Crippen LogP contribution is 2.48. The smallest absolute Gasteiger partial charge is 0.259 e. The molecule has 4 N–H and O–H groups in total. The SMILES string of the molecule is CC(C)(C)[Si](C)(C)O[C@H]1CC(n2c3ccccc3c3c4c(c5c6ccc(Cl)cc6[nH]c5c32)C(=O)NC4=O)[C@H](O)[C@@H]1O. The zero-order valence-corrected chi connectivity index (χ0v) is 25.3. The number of H-pyrrole nitrogens is 1. The number of aromatic amines is 1. The van der Waals surface area contributed by atoms with Gasteiger partial charge in [-0.05, 0) is 42.8 Å². The number of carbonyl (C=O) groups is 2. The lowest BCUT2D eigenvalue weighted by Crippen LogP contribution is -2.46. The molecule has 2 aromatic heterocycles. The van der Waals surface area contributed by atoms with Gasteiger partial charge in [0.25, 0.3) is 11.8 Å². The van der Waals surface area contributed by atoms with E-state index in [1.807, 2.05) is 34.9 Å². The van der Waals surface area contributed by atoms with E-state index in [1.165, 1.54) is 0 Å². The molecule has 212 valence electrons. The summed E-state index contributed by atoms with van der Waals surface area (Å²) in [5.74, 6) is -0.891. The van der Waals surface area contributed by atoms with E-state index in [4.69, 9.17) is 16.0 Å². The van der Waals surface area contributed by atoms with Gasteiger partial charge in [-0.15, -0.1) is 0 Å². The first kappa shape index (κ1) is 26.7. The van der Waals surface area contributed by atoms with Crippen LogP contribution in [0.1, 0.15) is 53.9 Å². The minimum atomic E-state index is -2.25. The summed E-state index contributed by atoms with van der Waals surface area (Å²) in [6.45, 7) is 10.7. The van der Waals surface area contributed by atoms with Crippen LogP contribution in [-0.2, 0) is 4.43 Å². The molecule has 1 aliphatic heterocycles. The number of nitrogens with zero attached hydrogens (tertiary/aromatic N) is 1. The van der Waals surface area contributed by atoms with Crippen LogP contribution in [0.3, 0.4) is 0 Å². The summed E-state index contributed by atoms with van der Waals surface area (Å²) in [4.78, 5) is 30.1. The molecule has 0 spiro atoms. The van der Waals surface area contributed by atoms with E-state index in [0.717, 1.165) is 21.8 Å². The molecule has 7 rings (SSSR count). The largest absolute Gasteiger partial charge is 0.411 e. The number of rotatable bonds is 3. The van der Waals surface area contributed by atoms with Crippen molar-refractivity contribution in [2.75, 3.05) is 0 Å². The van der Waals surface area contributed by atoms with Crippen LogP contribution >= 0.6 is 11.6 Å². The first-order valence-corrected chi connectivity index (χ1v) is 17.2. The van der Waals surface area contributed by atoms with E-state index >= 15 is 0 Å². The van der Waals surface area contributed by atoms with Gasteiger partial charge in [0.2, 0.25) is 0 Å². The maximum Gasteiger partial charge on any atom is 0.259 e. The predicted molar refractivity (Wildman–Crippen MR) is 163 cm³/mol. The fourth-order valence-electron chi connectivity index (χ4n) is 6.54. The molecular formula is C31H32ClN3O5Si. The van der Waals surface area contributed by atoms with Gasteiger partial charge < -0.3 is 24.2 Å². The van der Waals surface area contributed by atoms with Gasteiger partial charge >= 0.3 is 0 Å². The molecule has 5 aromatic rings. The Hall–Kier alpha value is -3.21. The zero-order valence-electron chi connectivity index (χ0n) is 23.5. The predicted octanol–water partition coefficient (Wildman–Crippen LogP) is 6.02. The molecule has 3 aromatic carbocycles. The molecule has 2 aliphatic rings. The Kier molecular flexibility index (Phi) is 5.63. The number of benzene rings is 3. The molecule has 0 saturated heterocycles. The third-order valence-electron chi connectivity index (χ3n) is 9.52. The molecule has 4 atom stereocenters. The average Bonchev–Trinajstić information content (AvgIpc) is 3.59. The van der Waals surface area contributed by atoms with Crippen LogP contribution in [0, 0.1) is 0 Å². The number of amides is 2. The van der Waals surface area contributed by atoms with Crippen molar-refractivity contribution < 1.29 is 24.2 Å². The number of hydrogen-bond donors (Lipinski definition) is 4. The number of imide groups is 1. The monoisotopic (exact) mass is 589 g/mol. The van der Waals surface area contributed by atoms with E-state index < -0.39 is 44.5 Å². The van der Waals surface area contributed by atoms with Gasteiger partial charge in [-0.25, -0.2) is 0 Å². The third-order valence-corrected chi connectivity index (χ3v) is 14.3. The Balaban J connectivity index is 1.56. The first-order valence-electron chi connectivity index (χ1n) is 13.9. The number of fused-ring (bicyclic) bond motifs is 10. The van der Waals surface area contributed by atoms with E-state index in [0.29, 0.717) is 44.4 Å². The number of aliphatic hydroxyl groups excluding tert-OH is 2. The van der Waals surface area contributed by atoms with E-state index in [2.05, 4.69) is 44.2 Å². The molecule has 41 heavy (non-hydrogen) atoms. The average molecular weight is 590 g/mol. The van der Waals surface area contributed by atoms with Crippen molar-refractivity contribution in [2.45, 2.75) is 69.7 Å². The summed E-state index contributed by atoms with van der Waals surface area (Å²) >= 11 is 6.34. The van der Waals surface area contributed by atoms with Crippen LogP contribution in [-0.4, -0.2) is 58.2 Å². The third kappa shape index (κ3) is 3.63. The number of aromatic nitrogens is 2. The highest BCUT2D eigenvalue weighted by molar-refractivity contribution is 6.74. The number of nitrogens with one attached hydrogen (secondary N) is 2. The van der Waals surface area contributed by atoms with Gasteiger partial charge in [-0.3, -0.25) is 14.9 Å². The van der Waals surface area contributed by atoms with Gasteiger partial charge in [-0.2, -0.15) is 0 Å². The van der Waals surface area contributed by atoms with Gasteiger partial charge in [0.15, 0.2) is 8.32 Å². The van der Waals surface area contributed by atoms with Crippen LogP contribution < -0.4 is 5.32 Å². The maximum absolute atomic E-state index is 13.4. The van der Waals surface area contributed by atoms with Crippen molar-refractivity contribution in [3.05, 3.63) is 58.6 Å². The lowest BCUT2D eigenvalue weighted by Gasteiger charge is -2.39. The van der Waals surface area contributed by atoms with Crippen molar-refractivity contribution in [3.63, 3.8) is 0 Å². The Morgan fingerprint density at radius 3 is 2.37 bits per heavy atom. The van der Waals surface area contributed by atoms with Gasteiger partial charge in [0, 0.05) is 37.6 Å². The molecule has 1 unspecified atom stereocenters.